The fraction of sp³-hybridized carbons (Fsp3) is 0.625. The van der Waals surface area contributed by atoms with Gasteiger partial charge in [-0.1, -0.05) is 30.3 Å². The Hall–Kier alpha value is -0.760. The largest absolute Gasteiger partial charge is 0.726 e. The predicted octanol–water partition coefficient (Wildman–Crippen LogP) is -1.61. The van der Waals surface area contributed by atoms with Crippen LogP contribution in [0.3, 0.4) is 0 Å². The molecular weight excluding hydrogens is 400 g/mol. The molecule has 0 spiro atoms. The summed E-state index contributed by atoms with van der Waals surface area (Å²) in [6.45, 7) is -0.140. The molecule has 1 aromatic rings. The van der Waals surface area contributed by atoms with Gasteiger partial charge in [-0.05, 0) is 0 Å². The lowest BCUT2D eigenvalue weighted by molar-refractivity contribution is -0.245. The van der Waals surface area contributed by atoms with Crippen LogP contribution in [0.2, 0.25) is 0 Å². The second-order valence-electron chi connectivity index (χ2n) is 6.57. The number of ether oxygens (including phenoxy) is 2. The van der Waals surface area contributed by atoms with E-state index >= 15 is 0 Å². The Bertz CT molecular complexity index is 702. The third-order valence-electron chi connectivity index (χ3n) is 4.47. The Balaban J connectivity index is 1.73. The number of hydrogen-bond donors (Lipinski definition) is 2. The number of aliphatic hydroxyl groups is 2. The van der Waals surface area contributed by atoms with E-state index in [0.29, 0.717) is 11.5 Å². The first-order chi connectivity index (χ1) is 12.7. The molecule has 0 radical (unpaired) electrons. The monoisotopic (exact) mass is 423 g/mol. The molecule has 1 aromatic carbocycles. The van der Waals surface area contributed by atoms with Crippen LogP contribution < -0.4 is 0 Å². The predicted molar refractivity (Wildman–Crippen MR) is 96.0 cm³/mol. The van der Waals surface area contributed by atoms with Crippen LogP contribution in [0, 0.1) is 0 Å². The maximum Gasteiger partial charge on any atom is 0.228 e. The van der Waals surface area contributed by atoms with Gasteiger partial charge in [0.1, 0.15) is 29.8 Å². The molecule has 0 aromatic heterocycles. The first kappa shape index (κ1) is 21.0. The number of benzene rings is 1. The van der Waals surface area contributed by atoms with E-state index in [0.717, 1.165) is 5.56 Å². The molecule has 11 heteroatoms. The number of hydrogen-bond acceptors (Lipinski definition) is 8. The lowest BCUT2D eigenvalue weighted by atomic mass is 10.1. The Labute approximate surface area is 160 Å². The molecule has 9 nitrogen and oxygen atoms in total. The summed E-state index contributed by atoms with van der Waals surface area (Å²) in [6, 6.07) is 9.07. The maximum atomic E-state index is 11.0. The minimum absolute atomic E-state index is 0.140. The van der Waals surface area contributed by atoms with Crippen LogP contribution in [0.5, 0.6) is 0 Å². The van der Waals surface area contributed by atoms with Crippen molar-refractivity contribution in [3.8, 4) is 0 Å². The zero-order valence-corrected chi connectivity index (χ0v) is 16.0. The van der Waals surface area contributed by atoms with Gasteiger partial charge in [0.15, 0.2) is 18.1 Å². The van der Waals surface area contributed by atoms with Gasteiger partial charge in [-0.15, -0.1) is 0 Å². The van der Waals surface area contributed by atoms with Gasteiger partial charge in [0.05, 0.1) is 6.61 Å². The highest BCUT2D eigenvalue weighted by Gasteiger charge is 2.47. The summed E-state index contributed by atoms with van der Waals surface area (Å²) in [5, 5.41) is 27.5. The molecule has 0 bridgehead atoms. The Morgan fingerprint density at radius 1 is 1.26 bits per heavy atom. The van der Waals surface area contributed by atoms with Crippen LogP contribution in [-0.2, 0) is 35.0 Å². The van der Waals surface area contributed by atoms with Gasteiger partial charge in [0, 0.05) is 16.5 Å². The third kappa shape index (κ3) is 5.62. The van der Waals surface area contributed by atoms with E-state index in [4.69, 9.17) is 14.6 Å². The molecule has 2 aliphatic rings. The smallest absolute Gasteiger partial charge is 0.228 e. The molecule has 0 saturated carbocycles. The molecule has 152 valence electrons. The van der Waals surface area contributed by atoms with E-state index in [1.165, 1.54) is 0 Å². The highest BCUT2D eigenvalue weighted by Crippen LogP contribution is 2.30. The summed E-state index contributed by atoms with van der Waals surface area (Å²) in [4.78, 5) is 0. The van der Waals surface area contributed by atoms with Crippen molar-refractivity contribution in [3.05, 3.63) is 35.9 Å². The minimum atomic E-state index is -4.94. The Morgan fingerprint density at radius 3 is 2.59 bits per heavy atom. The Kier molecular flexibility index (Phi) is 6.77. The second kappa shape index (κ2) is 8.72. The molecule has 2 unspecified atom stereocenters. The van der Waals surface area contributed by atoms with Gasteiger partial charge in [-0.3, -0.25) is 4.18 Å². The molecular formula is C16H23O9S2+. The lowest BCUT2D eigenvalue weighted by Gasteiger charge is -2.36. The Morgan fingerprint density at radius 2 is 1.96 bits per heavy atom. The van der Waals surface area contributed by atoms with Gasteiger partial charge in [0.2, 0.25) is 16.5 Å². The van der Waals surface area contributed by atoms with Crippen molar-refractivity contribution in [2.75, 3.05) is 23.9 Å². The van der Waals surface area contributed by atoms with E-state index in [1.807, 2.05) is 18.2 Å². The van der Waals surface area contributed by atoms with Crippen molar-refractivity contribution in [1.82, 2.24) is 0 Å². The van der Waals surface area contributed by atoms with Crippen molar-refractivity contribution in [3.63, 3.8) is 0 Å². The minimum Gasteiger partial charge on any atom is -0.726 e. The fourth-order valence-corrected chi connectivity index (χ4v) is 6.18. The van der Waals surface area contributed by atoms with Crippen LogP contribution >= 0.6 is 0 Å². The average Bonchev–Trinajstić information content (AvgIpc) is 2.60. The van der Waals surface area contributed by atoms with Crippen molar-refractivity contribution in [2.45, 2.75) is 36.8 Å². The highest BCUT2D eigenvalue weighted by atomic mass is 32.3. The van der Waals surface area contributed by atoms with Crippen molar-refractivity contribution in [2.24, 2.45) is 0 Å². The van der Waals surface area contributed by atoms with Gasteiger partial charge in [0.25, 0.3) is 0 Å². The van der Waals surface area contributed by atoms with Crippen LogP contribution in [0.1, 0.15) is 11.9 Å². The van der Waals surface area contributed by atoms with Crippen molar-refractivity contribution < 1.29 is 41.9 Å². The molecule has 2 saturated heterocycles. The summed E-state index contributed by atoms with van der Waals surface area (Å²) in [7, 11) is -5.44. The van der Waals surface area contributed by atoms with Gasteiger partial charge in [-0.2, -0.15) is 0 Å². The van der Waals surface area contributed by atoms with Crippen molar-refractivity contribution in [1.29, 1.82) is 0 Å². The molecule has 4 N–H and O–H groups in total. The maximum absolute atomic E-state index is 11.0. The van der Waals surface area contributed by atoms with E-state index in [2.05, 4.69) is 4.18 Å². The zero-order chi connectivity index (χ0) is 19.6. The molecule has 3 rings (SSSR count). The van der Waals surface area contributed by atoms with Crippen molar-refractivity contribution >= 4 is 21.3 Å². The summed E-state index contributed by atoms with van der Waals surface area (Å²) >= 11 is 0. The topological polar surface area (TPSA) is 148 Å². The van der Waals surface area contributed by atoms with Crippen LogP contribution in [-0.4, -0.2) is 82.7 Å². The van der Waals surface area contributed by atoms with Crippen LogP contribution in [0.15, 0.2) is 30.3 Å². The average molecular weight is 423 g/mol. The van der Waals surface area contributed by atoms with Gasteiger partial charge >= 0.3 is 0 Å². The van der Waals surface area contributed by atoms with Gasteiger partial charge in [-0.25, -0.2) is 8.42 Å². The molecule has 2 fully saturated rings. The van der Waals surface area contributed by atoms with E-state index in [1.54, 1.807) is 12.1 Å². The lowest BCUT2D eigenvalue weighted by Crippen LogP contribution is -2.54. The molecule has 0 amide bonds. The molecule has 7 atom stereocenters. The molecule has 27 heavy (non-hydrogen) atoms. The molecule has 2 aliphatic heterocycles. The normalized spacial score (nSPS) is 37.9. The first-order valence-corrected chi connectivity index (χ1v) is 11.5. The summed E-state index contributed by atoms with van der Waals surface area (Å²) in [5.74, 6) is 0.932. The van der Waals surface area contributed by atoms with E-state index in [-0.39, 0.29) is 12.4 Å². The van der Waals surface area contributed by atoms with E-state index < -0.39 is 58.1 Å². The second-order valence-corrected chi connectivity index (χ2v) is 9.80. The standard InChI is InChI=1S/C16H22O9S2/c17-11-7-26(8-12(18)15(11)19)9-14-13(25-27(20,21)22)6-23-16(24-14)10-4-2-1-3-5-10/h1-5,11-19H,6-9H2/p+1/t11-,12+,13-,14+,15-,16?,26?/m1/s1. The van der Waals surface area contributed by atoms with Crippen LogP contribution in [0.25, 0.3) is 0 Å². The zero-order valence-electron chi connectivity index (χ0n) is 14.3. The van der Waals surface area contributed by atoms with Gasteiger partial charge < -0.3 is 29.3 Å². The van der Waals surface area contributed by atoms with Crippen LogP contribution in [0.4, 0.5) is 0 Å². The third-order valence-corrected chi connectivity index (χ3v) is 7.39. The fourth-order valence-electron chi connectivity index (χ4n) is 3.15. The quantitative estimate of drug-likeness (QED) is 0.327. The summed E-state index contributed by atoms with van der Waals surface area (Å²) < 4.78 is 49.2. The molecule has 2 heterocycles. The summed E-state index contributed by atoms with van der Waals surface area (Å²) in [5.41, 5.74) is 0.742. The highest BCUT2D eigenvalue weighted by molar-refractivity contribution is 7.97. The number of aliphatic hydroxyl groups excluding tert-OH is 2. The first-order valence-electron chi connectivity index (χ1n) is 8.40. The summed E-state index contributed by atoms with van der Waals surface area (Å²) in [6.07, 6.45) is -5.54. The van der Waals surface area contributed by atoms with E-state index in [9.17, 15) is 23.2 Å². The number of rotatable bonds is 5. The molecule has 0 aliphatic carbocycles. The SMILES string of the molecule is O=S(=O)([O-])O[C@@H]1COC(c2ccccc2)O[C@H]1C[S+]1C[C@@H]([OH2+])[C@@H](O)[C@@H](O)C1.